The van der Waals surface area contributed by atoms with Crippen LogP contribution in [0.25, 0.3) is 10.6 Å². The molecular formula is C17H15BrN2OS2. The summed E-state index contributed by atoms with van der Waals surface area (Å²) in [5.41, 5.74) is 3.08. The van der Waals surface area contributed by atoms with Crippen molar-refractivity contribution in [2.75, 3.05) is 7.05 Å². The fraction of sp³-hybridized carbons (Fsp3) is 0.176. The van der Waals surface area contributed by atoms with Crippen molar-refractivity contribution >= 4 is 44.5 Å². The largest absolute Gasteiger partial charge is 0.341 e. The van der Waals surface area contributed by atoms with Crippen LogP contribution in [0.2, 0.25) is 0 Å². The van der Waals surface area contributed by atoms with E-state index in [9.17, 15) is 4.79 Å². The van der Waals surface area contributed by atoms with Crippen molar-refractivity contribution in [2.24, 2.45) is 0 Å². The molecule has 0 aliphatic carbocycles. The number of nitrogens with zero attached hydrogens (tertiary/aromatic N) is 2. The Hall–Kier alpha value is -1.50. The van der Waals surface area contributed by atoms with E-state index in [1.54, 1.807) is 27.6 Å². The fourth-order valence-electron chi connectivity index (χ4n) is 2.15. The Morgan fingerprint density at radius 3 is 2.70 bits per heavy atom. The molecule has 1 amide bonds. The maximum Gasteiger partial charge on any atom is 0.228 e. The van der Waals surface area contributed by atoms with Crippen LogP contribution in [0.1, 0.15) is 11.3 Å². The third-order valence-electron chi connectivity index (χ3n) is 3.41. The first-order valence-electron chi connectivity index (χ1n) is 7.07. The Morgan fingerprint density at radius 2 is 2.00 bits per heavy atom. The Kier molecular flexibility index (Phi) is 5.25. The Bertz CT molecular complexity index is 781. The Morgan fingerprint density at radius 1 is 1.22 bits per heavy atom. The molecule has 3 rings (SSSR count). The maximum atomic E-state index is 12.4. The molecule has 0 atom stereocenters. The van der Waals surface area contributed by atoms with E-state index < -0.39 is 0 Å². The summed E-state index contributed by atoms with van der Waals surface area (Å²) in [4.78, 5) is 18.7. The van der Waals surface area contributed by atoms with Gasteiger partial charge in [-0.3, -0.25) is 4.79 Å². The summed E-state index contributed by atoms with van der Waals surface area (Å²) < 4.78 is 1.04. The van der Waals surface area contributed by atoms with Crippen molar-refractivity contribution in [1.29, 1.82) is 0 Å². The highest BCUT2D eigenvalue weighted by molar-refractivity contribution is 9.10. The first-order chi connectivity index (χ1) is 11.1. The minimum absolute atomic E-state index is 0.0788. The summed E-state index contributed by atoms with van der Waals surface area (Å²) in [5.74, 6) is 0.0788. The smallest absolute Gasteiger partial charge is 0.228 e. The van der Waals surface area contributed by atoms with Crippen molar-refractivity contribution in [1.82, 2.24) is 9.88 Å². The van der Waals surface area contributed by atoms with Crippen molar-refractivity contribution in [3.8, 4) is 10.6 Å². The minimum Gasteiger partial charge on any atom is -0.341 e. The quantitative estimate of drug-likeness (QED) is 0.607. The minimum atomic E-state index is 0.0788. The van der Waals surface area contributed by atoms with E-state index >= 15 is 0 Å². The van der Waals surface area contributed by atoms with E-state index in [1.165, 1.54) is 0 Å². The van der Waals surface area contributed by atoms with Crippen molar-refractivity contribution in [3.63, 3.8) is 0 Å². The molecule has 0 N–H and O–H groups in total. The molecule has 118 valence electrons. The number of amides is 1. The van der Waals surface area contributed by atoms with Gasteiger partial charge in [0.2, 0.25) is 5.91 Å². The first-order valence-corrected chi connectivity index (χ1v) is 9.69. The van der Waals surface area contributed by atoms with Gasteiger partial charge in [0.05, 0.1) is 12.1 Å². The van der Waals surface area contributed by atoms with Gasteiger partial charge in [0, 0.05) is 34.4 Å². The zero-order valence-corrected chi connectivity index (χ0v) is 15.7. The van der Waals surface area contributed by atoms with Crippen LogP contribution in [0.3, 0.4) is 0 Å². The lowest BCUT2D eigenvalue weighted by atomic mass is 10.2. The molecule has 3 nitrogen and oxygen atoms in total. The summed E-state index contributed by atoms with van der Waals surface area (Å²) >= 11 is 6.66. The van der Waals surface area contributed by atoms with Crippen LogP contribution in [-0.2, 0) is 17.8 Å². The second kappa shape index (κ2) is 7.38. The zero-order chi connectivity index (χ0) is 16.2. The second-order valence-electron chi connectivity index (χ2n) is 5.21. The van der Waals surface area contributed by atoms with Gasteiger partial charge in [-0.25, -0.2) is 4.98 Å². The molecule has 0 unspecified atom stereocenters. The van der Waals surface area contributed by atoms with Gasteiger partial charge in [-0.05, 0) is 29.1 Å². The molecule has 3 aromatic rings. The summed E-state index contributed by atoms with van der Waals surface area (Å²) in [6.07, 6.45) is 0.341. The van der Waals surface area contributed by atoms with Crippen LogP contribution in [-0.4, -0.2) is 22.8 Å². The molecule has 0 saturated heterocycles. The van der Waals surface area contributed by atoms with Crippen LogP contribution < -0.4 is 0 Å². The number of carbonyl (C=O) groups is 1. The lowest BCUT2D eigenvalue weighted by molar-refractivity contribution is -0.129. The number of rotatable bonds is 5. The van der Waals surface area contributed by atoms with Gasteiger partial charge < -0.3 is 4.90 Å². The van der Waals surface area contributed by atoms with E-state index in [4.69, 9.17) is 0 Å². The van der Waals surface area contributed by atoms with E-state index in [2.05, 4.69) is 32.4 Å². The molecule has 1 aromatic carbocycles. The lowest BCUT2D eigenvalue weighted by Crippen LogP contribution is -2.27. The summed E-state index contributed by atoms with van der Waals surface area (Å²) in [6, 6.07) is 10.1. The predicted molar refractivity (Wildman–Crippen MR) is 99.7 cm³/mol. The highest BCUT2D eigenvalue weighted by Crippen LogP contribution is 2.26. The summed E-state index contributed by atoms with van der Waals surface area (Å²) in [5, 5.41) is 7.06. The van der Waals surface area contributed by atoms with E-state index in [0.717, 1.165) is 26.3 Å². The molecule has 2 aromatic heterocycles. The van der Waals surface area contributed by atoms with Crippen molar-refractivity contribution in [2.45, 2.75) is 13.0 Å². The third-order valence-corrected chi connectivity index (χ3v) is 5.56. The van der Waals surface area contributed by atoms with Gasteiger partial charge in [-0.2, -0.15) is 11.3 Å². The molecule has 0 fully saturated rings. The average Bonchev–Trinajstić information content (AvgIpc) is 3.20. The highest BCUT2D eigenvalue weighted by Gasteiger charge is 2.13. The number of thiophene rings is 1. The molecule has 0 spiro atoms. The van der Waals surface area contributed by atoms with E-state index in [-0.39, 0.29) is 5.91 Å². The monoisotopic (exact) mass is 406 g/mol. The molecular weight excluding hydrogens is 392 g/mol. The molecule has 0 bridgehead atoms. The predicted octanol–water partition coefficient (Wildman–Crippen LogP) is 4.84. The first kappa shape index (κ1) is 16.4. The van der Waals surface area contributed by atoms with Crippen LogP contribution in [0.15, 0.2) is 50.9 Å². The highest BCUT2D eigenvalue weighted by atomic mass is 79.9. The number of aromatic nitrogens is 1. The van der Waals surface area contributed by atoms with Gasteiger partial charge >= 0.3 is 0 Å². The normalized spacial score (nSPS) is 10.7. The van der Waals surface area contributed by atoms with Crippen LogP contribution in [0.4, 0.5) is 0 Å². The van der Waals surface area contributed by atoms with Crippen LogP contribution >= 0.6 is 38.6 Å². The molecule has 6 heteroatoms. The molecule has 0 radical (unpaired) electrons. The van der Waals surface area contributed by atoms with E-state index in [0.29, 0.717) is 13.0 Å². The molecule has 0 saturated carbocycles. The number of likely N-dealkylation sites (N-methyl/N-ethyl adjacent to an activating group) is 1. The number of benzene rings is 1. The molecule has 0 aliphatic rings. The van der Waals surface area contributed by atoms with Gasteiger partial charge in [0.25, 0.3) is 0 Å². The lowest BCUT2D eigenvalue weighted by Gasteiger charge is -2.16. The molecule has 23 heavy (non-hydrogen) atoms. The summed E-state index contributed by atoms with van der Waals surface area (Å²) in [7, 11) is 1.83. The Balaban J connectivity index is 1.61. The van der Waals surface area contributed by atoms with Gasteiger partial charge in [-0.15, -0.1) is 11.3 Å². The third kappa shape index (κ3) is 4.28. The molecule has 2 heterocycles. The van der Waals surface area contributed by atoms with Crippen molar-refractivity contribution < 1.29 is 4.79 Å². The van der Waals surface area contributed by atoms with Gasteiger partial charge in [0.1, 0.15) is 5.01 Å². The SMILES string of the molecule is CN(Cc1ccc(Br)cc1)C(=O)Cc1csc(-c2ccsc2)n1. The number of carbonyl (C=O) groups excluding carboxylic acids is 1. The Labute approximate surface area is 151 Å². The zero-order valence-electron chi connectivity index (χ0n) is 12.5. The summed E-state index contributed by atoms with van der Waals surface area (Å²) in [6.45, 7) is 0.605. The molecule has 0 aliphatic heterocycles. The standard InChI is InChI=1S/C17H15BrN2OS2/c1-20(9-12-2-4-14(18)5-3-12)16(21)8-15-11-23-17(19-15)13-6-7-22-10-13/h2-7,10-11H,8-9H2,1H3. The van der Waals surface area contributed by atoms with Gasteiger partial charge in [-0.1, -0.05) is 28.1 Å². The average molecular weight is 407 g/mol. The number of hydrogen-bond donors (Lipinski definition) is 0. The van der Waals surface area contributed by atoms with Gasteiger partial charge in [0.15, 0.2) is 0 Å². The topological polar surface area (TPSA) is 33.2 Å². The second-order valence-corrected chi connectivity index (χ2v) is 7.76. The maximum absolute atomic E-state index is 12.4. The van der Waals surface area contributed by atoms with Crippen molar-refractivity contribution in [3.05, 3.63) is 62.2 Å². The van der Waals surface area contributed by atoms with Crippen LogP contribution in [0, 0.1) is 0 Å². The van der Waals surface area contributed by atoms with E-state index in [1.807, 2.05) is 42.1 Å². The number of halogens is 1. The van der Waals surface area contributed by atoms with Crippen LogP contribution in [0.5, 0.6) is 0 Å². The fourth-order valence-corrected chi connectivity index (χ4v) is 3.94. The number of hydrogen-bond acceptors (Lipinski definition) is 4. The number of thiazole rings is 1.